The minimum atomic E-state index is -1.10. The van der Waals surface area contributed by atoms with Gasteiger partial charge in [0.1, 0.15) is 11.8 Å². The molecule has 0 aromatic heterocycles. The van der Waals surface area contributed by atoms with Crippen LogP contribution in [0.5, 0.6) is 5.75 Å². The number of esters is 2. The number of rotatable bonds is 7. The molecule has 2 aromatic carbocycles. The average Bonchev–Trinajstić information content (AvgIpc) is 3.57. The smallest absolute Gasteiger partial charge is 0.343 e. The van der Waals surface area contributed by atoms with Gasteiger partial charge in [-0.3, -0.25) is 19.3 Å². The van der Waals surface area contributed by atoms with E-state index in [1.165, 1.54) is 49.4 Å². The van der Waals surface area contributed by atoms with Gasteiger partial charge in [0.2, 0.25) is 11.8 Å². The number of Topliss-reactive ketones (excluding diaryl/α,β-unsaturated/α-hetero) is 1. The third kappa shape index (κ3) is 4.64. The van der Waals surface area contributed by atoms with Gasteiger partial charge in [-0.05, 0) is 80.5 Å². The van der Waals surface area contributed by atoms with E-state index in [4.69, 9.17) is 32.7 Å². The number of benzene rings is 2. The molecule has 0 spiro atoms. The second-order valence-corrected chi connectivity index (χ2v) is 10.5. The number of carbonyl (C=O) groups excluding carboxylic acids is 5. The summed E-state index contributed by atoms with van der Waals surface area (Å²) in [5, 5.41) is 0.526. The van der Waals surface area contributed by atoms with E-state index in [1.807, 2.05) is 0 Å². The Morgan fingerprint density at radius 3 is 2.11 bits per heavy atom. The summed E-state index contributed by atoms with van der Waals surface area (Å²) in [6.07, 6.45) is 2.79. The van der Waals surface area contributed by atoms with Crippen LogP contribution in [0.2, 0.25) is 10.0 Å². The van der Waals surface area contributed by atoms with Gasteiger partial charge in [-0.2, -0.15) is 0 Å². The first kappa shape index (κ1) is 25.4. The van der Waals surface area contributed by atoms with Gasteiger partial charge in [-0.15, -0.1) is 0 Å². The Morgan fingerprint density at radius 1 is 0.919 bits per heavy atom. The summed E-state index contributed by atoms with van der Waals surface area (Å²) in [7, 11) is 0. The molecule has 0 N–H and O–H groups in total. The van der Waals surface area contributed by atoms with E-state index in [0.717, 1.165) is 24.2 Å². The molecule has 2 aliphatic carbocycles. The van der Waals surface area contributed by atoms with Crippen molar-refractivity contribution in [3.8, 4) is 5.75 Å². The molecule has 37 heavy (non-hydrogen) atoms. The number of imide groups is 1. The molecule has 1 saturated heterocycles. The minimum Gasteiger partial charge on any atom is -0.456 e. The van der Waals surface area contributed by atoms with Crippen LogP contribution in [0.25, 0.3) is 0 Å². The number of ether oxygens (including phenoxy) is 2. The molecule has 0 radical (unpaired) electrons. The minimum absolute atomic E-state index is 0.198. The lowest BCUT2D eigenvalue weighted by Gasteiger charge is -2.22. The first-order valence-electron chi connectivity index (χ1n) is 12.0. The summed E-state index contributed by atoms with van der Waals surface area (Å²) >= 11 is 11.8. The Kier molecular flexibility index (Phi) is 6.81. The maximum absolute atomic E-state index is 12.9. The number of amides is 2. The zero-order valence-electron chi connectivity index (χ0n) is 19.8. The van der Waals surface area contributed by atoms with E-state index in [1.54, 1.807) is 0 Å². The normalized spacial score (nSPS) is 24.7. The van der Waals surface area contributed by atoms with Crippen molar-refractivity contribution >= 4 is 52.7 Å². The second-order valence-electron chi connectivity index (χ2n) is 9.68. The fourth-order valence-corrected chi connectivity index (χ4v) is 6.06. The van der Waals surface area contributed by atoms with E-state index < -0.39 is 30.4 Å². The van der Waals surface area contributed by atoms with Crippen molar-refractivity contribution < 1.29 is 33.4 Å². The largest absolute Gasteiger partial charge is 0.456 e. The molecule has 2 aromatic rings. The van der Waals surface area contributed by atoms with Gasteiger partial charge < -0.3 is 9.47 Å². The van der Waals surface area contributed by atoms with Crippen LogP contribution in [-0.4, -0.2) is 47.1 Å². The predicted molar refractivity (Wildman–Crippen MR) is 132 cm³/mol. The molecule has 5 rings (SSSR count). The second kappa shape index (κ2) is 9.91. The Bertz CT molecular complexity index is 1280. The van der Waals surface area contributed by atoms with Crippen LogP contribution in [0.3, 0.4) is 0 Å². The maximum Gasteiger partial charge on any atom is 0.343 e. The number of fused-ring (bicyclic) bond motifs is 5. The molecular formula is C27H23Cl2NO7. The van der Waals surface area contributed by atoms with E-state index in [9.17, 15) is 24.0 Å². The van der Waals surface area contributed by atoms with E-state index in [0.29, 0.717) is 5.02 Å². The van der Waals surface area contributed by atoms with Crippen LogP contribution in [0, 0.1) is 23.7 Å². The lowest BCUT2D eigenvalue weighted by atomic mass is 9.81. The van der Waals surface area contributed by atoms with Gasteiger partial charge in [0.15, 0.2) is 12.4 Å². The summed E-state index contributed by atoms with van der Waals surface area (Å²) in [5.41, 5.74) is 0.441. The van der Waals surface area contributed by atoms with Crippen LogP contribution in [-0.2, 0) is 19.1 Å². The Morgan fingerprint density at radius 2 is 1.51 bits per heavy atom. The summed E-state index contributed by atoms with van der Waals surface area (Å²) in [6, 6.07) is 8.98. The predicted octanol–water partition coefficient (Wildman–Crippen LogP) is 4.36. The van der Waals surface area contributed by atoms with Crippen molar-refractivity contribution in [2.75, 3.05) is 6.61 Å². The SMILES string of the molecule is CC(C(=O)OCC(=O)c1ccc(OC(=O)c2ccc(Cl)c(Cl)c2)cc1)N1C(=O)C2C3CCC(C3)C2C1=O. The number of nitrogens with zero attached hydrogens (tertiary/aromatic N) is 1. The number of ketones is 1. The number of hydrogen-bond acceptors (Lipinski definition) is 7. The molecule has 1 heterocycles. The summed E-state index contributed by atoms with van der Waals surface area (Å²) < 4.78 is 10.4. The topological polar surface area (TPSA) is 107 Å². The third-order valence-corrected chi connectivity index (χ3v) is 8.32. The highest BCUT2D eigenvalue weighted by Crippen LogP contribution is 2.56. The molecule has 5 unspecified atom stereocenters. The molecule has 3 fully saturated rings. The van der Waals surface area contributed by atoms with Crippen LogP contribution in [0.1, 0.15) is 46.9 Å². The average molecular weight is 544 g/mol. The molecule has 2 saturated carbocycles. The van der Waals surface area contributed by atoms with Crippen LogP contribution in [0.15, 0.2) is 42.5 Å². The molecular weight excluding hydrogens is 521 g/mol. The quantitative estimate of drug-likeness (QED) is 0.221. The number of halogens is 2. The number of hydrogen-bond donors (Lipinski definition) is 0. The van der Waals surface area contributed by atoms with Gasteiger partial charge in [-0.1, -0.05) is 23.2 Å². The van der Waals surface area contributed by atoms with Crippen LogP contribution in [0.4, 0.5) is 0 Å². The molecule has 192 valence electrons. The fraction of sp³-hybridized carbons (Fsp3) is 0.370. The van der Waals surface area contributed by atoms with Gasteiger partial charge >= 0.3 is 11.9 Å². The lowest BCUT2D eigenvalue weighted by molar-refractivity contribution is -0.157. The number of likely N-dealkylation sites (tertiary alicyclic amines) is 1. The molecule has 1 aliphatic heterocycles. The maximum atomic E-state index is 12.9. The Balaban J connectivity index is 1.15. The van der Waals surface area contributed by atoms with Crippen molar-refractivity contribution in [1.29, 1.82) is 0 Å². The van der Waals surface area contributed by atoms with Crippen LogP contribution >= 0.6 is 23.2 Å². The highest BCUT2D eigenvalue weighted by molar-refractivity contribution is 6.42. The monoisotopic (exact) mass is 543 g/mol. The van der Waals surface area contributed by atoms with Gasteiger partial charge in [0, 0.05) is 5.56 Å². The zero-order chi connectivity index (χ0) is 26.4. The molecule has 8 nitrogen and oxygen atoms in total. The standard InChI is InChI=1S/C27H23Cl2NO7/c1-13(30-24(32)22-15-2-3-16(10-15)23(22)25(30)33)26(34)36-12-21(31)14-4-7-18(8-5-14)37-27(35)17-6-9-19(28)20(29)11-17/h4-9,11,13,15-16,22-23H,2-3,10,12H2,1H3. The van der Waals surface area contributed by atoms with Crippen LogP contribution < -0.4 is 4.74 Å². The first-order valence-corrected chi connectivity index (χ1v) is 12.8. The summed E-state index contributed by atoms with van der Waals surface area (Å²) in [6.45, 7) is 0.891. The van der Waals surface area contributed by atoms with Crippen molar-refractivity contribution in [3.63, 3.8) is 0 Å². The molecule has 2 amide bonds. The van der Waals surface area contributed by atoms with Gasteiger partial charge in [0.25, 0.3) is 0 Å². The van der Waals surface area contributed by atoms with Gasteiger partial charge in [-0.25, -0.2) is 9.59 Å². The highest BCUT2D eigenvalue weighted by atomic mass is 35.5. The van der Waals surface area contributed by atoms with Crippen molar-refractivity contribution in [1.82, 2.24) is 4.90 Å². The fourth-order valence-electron chi connectivity index (χ4n) is 5.76. The van der Waals surface area contributed by atoms with Gasteiger partial charge in [0.05, 0.1) is 27.4 Å². The summed E-state index contributed by atoms with van der Waals surface area (Å²) in [4.78, 5) is 64.3. The third-order valence-electron chi connectivity index (χ3n) is 7.58. The Hall–Kier alpha value is -3.23. The number of carbonyl (C=O) groups is 5. The highest BCUT2D eigenvalue weighted by Gasteiger charge is 2.62. The Labute approximate surface area is 222 Å². The van der Waals surface area contributed by atoms with Crippen molar-refractivity contribution in [2.24, 2.45) is 23.7 Å². The van der Waals surface area contributed by atoms with Crippen molar-refractivity contribution in [2.45, 2.75) is 32.2 Å². The van der Waals surface area contributed by atoms with E-state index >= 15 is 0 Å². The van der Waals surface area contributed by atoms with E-state index in [2.05, 4.69) is 0 Å². The van der Waals surface area contributed by atoms with Crippen molar-refractivity contribution in [3.05, 3.63) is 63.6 Å². The molecule has 10 heteroatoms. The first-order chi connectivity index (χ1) is 17.7. The zero-order valence-corrected chi connectivity index (χ0v) is 21.3. The molecule has 5 atom stereocenters. The van der Waals surface area contributed by atoms with E-state index in [-0.39, 0.29) is 57.4 Å². The lowest BCUT2D eigenvalue weighted by Crippen LogP contribution is -2.45. The molecule has 2 bridgehead atoms. The molecule has 3 aliphatic rings. The summed E-state index contributed by atoms with van der Waals surface area (Å²) in [5.74, 6) is -2.58.